The van der Waals surface area contributed by atoms with Crippen molar-refractivity contribution < 1.29 is 19.5 Å². The lowest BCUT2D eigenvalue weighted by atomic mass is 10.2. The molecule has 0 heterocycles. The van der Waals surface area contributed by atoms with Gasteiger partial charge in [-0.25, -0.2) is 0 Å². The molecule has 76 valence electrons. The number of rotatable bonds is 3. The summed E-state index contributed by atoms with van der Waals surface area (Å²) in [5.74, 6) is -1.73. The van der Waals surface area contributed by atoms with Crippen molar-refractivity contribution in [1.82, 2.24) is 0 Å². The maximum Gasteiger partial charge on any atom is 0.357 e. The lowest BCUT2D eigenvalue weighted by molar-refractivity contribution is 0.239. The minimum absolute atomic E-state index is 0.778. The molecule has 1 unspecified atom stereocenters. The first kappa shape index (κ1) is 11.1. The minimum Gasteiger partial charge on any atom is -0.377 e. The Morgan fingerprint density at radius 3 is 2.29 bits per heavy atom. The van der Waals surface area contributed by atoms with Gasteiger partial charge in [-0.1, -0.05) is 36.4 Å². The first-order valence-corrected chi connectivity index (χ1v) is 5.65. The van der Waals surface area contributed by atoms with Crippen LogP contribution in [0.15, 0.2) is 36.4 Å². The molecule has 4 nitrogen and oxygen atoms in total. The number of aliphatic hydroxyl groups is 1. The summed E-state index contributed by atoms with van der Waals surface area (Å²) in [5.41, 5.74) is 0.778. The lowest BCUT2D eigenvalue weighted by Gasteiger charge is -2.06. The second-order valence-electron chi connectivity index (χ2n) is 2.77. The Balaban J connectivity index is 2.70. The third-order valence-corrected chi connectivity index (χ3v) is 2.47. The number of hydrogen-bond donors (Lipinski definition) is 3. The van der Waals surface area contributed by atoms with E-state index in [2.05, 4.69) is 0 Å². The second-order valence-corrected chi connectivity index (χ2v) is 4.48. The summed E-state index contributed by atoms with van der Waals surface area (Å²) in [7, 11) is -4.42. The quantitative estimate of drug-likeness (QED) is 0.660. The van der Waals surface area contributed by atoms with E-state index in [1.807, 2.05) is 6.07 Å². The molecule has 0 aromatic heterocycles. The largest absolute Gasteiger partial charge is 0.377 e. The highest BCUT2D eigenvalue weighted by atomic mass is 31.2. The van der Waals surface area contributed by atoms with Gasteiger partial charge in [0, 0.05) is 0 Å². The van der Waals surface area contributed by atoms with Gasteiger partial charge < -0.3 is 14.9 Å². The van der Waals surface area contributed by atoms with Crippen molar-refractivity contribution in [3.05, 3.63) is 42.0 Å². The molecular weight excluding hydrogens is 203 g/mol. The summed E-state index contributed by atoms with van der Waals surface area (Å²) in [6, 6.07) is 8.95. The van der Waals surface area contributed by atoms with Crippen LogP contribution in [0.3, 0.4) is 0 Å². The monoisotopic (exact) mass is 214 g/mol. The smallest absolute Gasteiger partial charge is 0.357 e. The highest BCUT2D eigenvalue weighted by Gasteiger charge is 2.22. The summed E-state index contributed by atoms with van der Waals surface area (Å²) in [4.78, 5) is 17.1. The minimum atomic E-state index is -4.42. The van der Waals surface area contributed by atoms with Crippen molar-refractivity contribution in [3.63, 3.8) is 0 Å². The van der Waals surface area contributed by atoms with Gasteiger partial charge in [-0.05, 0) is 11.6 Å². The number of hydrogen-bond acceptors (Lipinski definition) is 2. The summed E-state index contributed by atoms with van der Waals surface area (Å²) in [5, 5.41) is 9.00. The van der Waals surface area contributed by atoms with Crippen LogP contribution in [-0.2, 0) is 4.57 Å². The van der Waals surface area contributed by atoms with Crippen LogP contribution >= 0.6 is 7.60 Å². The molecule has 0 aliphatic carbocycles. The molecule has 0 spiro atoms. The topological polar surface area (TPSA) is 77.8 Å². The Kier molecular flexibility index (Phi) is 3.61. The molecule has 0 saturated heterocycles. The predicted octanol–water partition coefficient (Wildman–Crippen LogP) is 1.20. The maximum atomic E-state index is 10.5. The molecule has 0 saturated carbocycles. The highest BCUT2D eigenvalue weighted by Crippen LogP contribution is 2.40. The Morgan fingerprint density at radius 2 is 1.79 bits per heavy atom. The number of aliphatic hydroxyl groups excluding tert-OH is 1. The van der Waals surface area contributed by atoms with Gasteiger partial charge >= 0.3 is 7.60 Å². The molecule has 0 aliphatic heterocycles. The van der Waals surface area contributed by atoms with Crippen molar-refractivity contribution in [2.24, 2.45) is 0 Å². The molecular formula is C9H11O4P. The SMILES string of the molecule is O=P(O)(O)C(O)C=Cc1ccccc1. The van der Waals surface area contributed by atoms with Crippen molar-refractivity contribution >= 4 is 13.7 Å². The van der Waals surface area contributed by atoms with Crippen LogP contribution in [0.25, 0.3) is 6.08 Å². The Bertz CT molecular complexity index is 354. The molecule has 1 atom stereocenters. The van der Waals surface area contributed by atoms with Crippen LogP contribution in [-0.4, -0.2) is 20.7 Å². The zero-order valence-electron chi connectivity index (χ0n) is 7.32. The summed E-state index contributed by atoms with van der Waals surface area (Å²) in [6.07, 6.45) is 2.54. The van der Waals surface area contributed by atoms with E-state index in [0.29, 0.717) is 0 Å². The molecule has 5 heteroatoms. The summed E-state index contributed by atoms with van der Waals surface area (Å²) >= 11 is 0. The van der Waals surface area contributed by atoms with Gasteiger partial charge in [0.25, 0.3) is 0 Å². The molecule has 0 amide bonds. The predicted molar refractivity (Wildman–Crippen MR) is 53.5 cm³/mol. The van der Waals surface area contributed by atoms with Crippen molar-refractivity contribution in [1.29, 1.82) is 0 Å². The summed E-state index contributed by atoms with van der Waals surface area (Å²) < 4.78 is 10.5. The van der Waals surface area contributed by atoms with Gasteiger partial charge in [-0.2, -0.15) is 0 Å². The van der Waals surface area contributed by atoms with E-state index in [9.17, 15) is 4.57 Å². The molecule has 0 aliphatic rings. The van der Waals surface area contributed by atoms with Crippen molar-refractivity contribution in [3.8, 4) is 0 Å². The van der Waals surface area contributed by atoms with Crippen LogP contribution in [0, 0.1) is 0 Å². The molecule has 3 N–H and O–H groups in total. The van der Waals surface area contributed by atoms with Crippen molar-refractivity contribution in [2.45, 2.75) is 5.85 Å². The second kappa shape index (κ2) is 4.53. The molecule has 0 radical (unpaired) electrons. The highest BCUT2D eigenvalue weighted by molar-refractivity contribution is 7.52. The third kappa shape index (κ3) is 3.44. The zero-order valence-corrected chi connectivity index (χ0v) is 8.21. The Morgan fingerprint density at radius 1 is 1.21 bits per heavy atom. The molecule has 0 bridgehead atoms. The fourth-order valence-electron chi connectivity index (χ4n) is 0.873. The standard InChI is InChI=1S/C9H11O4P/c10-9(14(11,12)13)7-6-8-4-2-1-3-5-8/h1-7,9-10H,(H2,11,12,13). The van der Waals surface area contributed by atoms with Gasteiger partial charge in [0.2, 0.25) is 0 Å². The van der Waals surface area contributed by atoms with E-state index < -0.39 is 13.4 Å². The maximum absolute atomic E-state index is 10.5. The van der Waals surface area contributed by atoms with E-state index in [1.54, 1.807) is 24.3 Å². The number of benzene rings is 1. The molecule has 1 rings (SSSR count). The van der Waals surface area contributed by atoms with Crippen LogP contribution in [0.4, 0.5) is 0 Å². The molecule has 1 aromatic rings. The fraction of sp³-hybridized carbons (Fsp3) is 0.111. The Hall–Kier alpha value is -0.930. The lowest BCUT2D eigenvalue weighted by Crippen LogP contribution is -2.01. The Labute approximate surface area is 81.7 Å². The zero-order chi connectivity index (χ0) is 10.6. The van der Waals surface area contributed by atoms with Gasteiger partial charge in [0.05, 0.1) is 0 Å². The average molecular weight is 214 g/mol. The van der Waals surface area contributed by atoms with Crippen LogP contribution in [0.5, 0.6) is 0 Å². The average Bonchev–Trinajstić information content (AvgIpc) is 2.14. The summed E-state index contributed by atoms with van der Waals surface area (Å²) in [6.45, 7) is 0. The van der Waals surface area contributed by atoms with Crippen molar-refractivity contribution in [2.75, 3.05) is 0 Å². The van der Waals surface area contributed by atoms with E-state index >= 15 is 0 Å². The molecule has 0 fully saturated rings. The van der Waals surface area contributed by atoms with E-state index in [0.717, 1.165) is 11.6 Å². The van der Waals surface area contributed by atoms with Crippen LogP contribution in [0.1, 0.15) is 5.56 Å². The normalized spacial score (nSPS) is 14.5. The first-order chi connectivity index (χ1) is 6.50. The van der Waals surface area contributed by atoms with Crippen LogP contribution < -0.4 is 0 Å². The molecule has 1 aromatic carbocycles. The van der Waals surface area contributed by atoms with Gasteiger partial charge in [0.15, 0.2) is 5.85 Å². The van der Waals surface area contributed by atoms with Crippen LogP contribution in [0.2, 0.25) is 0 Å². The third-order valence-electron chi connectivity index (χ3n) is 1.60. The van der Waals surface area contributed by atoms with E-state index in [-0.39, 0.29) is 0 Å². The van der Waals surface area contributed by atoms with E-state index in [4.69, 9.17) is 14.9 Å². The van der Waals surface area contributed by atoms with Gasteiger partial charge in [-0.3, -0.25) is 4.57 Å². The van der Waals surface area contributed by atoms with Gasteiger partial charge in [-0.15, -0.1) is 0 Å². The van der Waals surface area contributed by atoms with Gasteiger partial charge in [0.1, 0.15) is 0 Å². The molecule has 14 heavy (non-hydrogen) atoms. The fourth-order valence-corrected chi connectivity index (χ4v) is 1.18. The first-order valence-electron chi connectivity index (χ1n) is 3.96. The van der Waals surface area contributed by atoms with E-state index in [1.165, 1.54) is 6.08 Å².